The van der Waals surface area contributed by atoms with Crippen molar-refractivity contribution < 1.29 is 0 Å². The fourth-order valence-electron chi connectivity index (χ4n) is 1.79. The number of aryl methyl sites for hydroxylation is 1. The summed E-state index contributed by atoms with van der Waals surface area (Å²) in [5, 5.41) is 3.00. The first-order valence-corrected chi connectivity index (χ1v) is 7.25. The average Bonchev–Trinajstić information content (AvgIpc) is 2.86. The van der Waals surface area contributed by atoms with Gasteiger partial charge < -0.3 is 10.2 Å². The summed E-state index contributed by atoms with van der Waals surface area (Å²) in [6.45, 7) is 8.04. The van der Waals surface area contributed by atoms with Crippen molar-refractivity contribution in [2.24, 2.45) is 0 Å². The van der Waals surface area contributed by atoms with E-state index >= 15 is 0 Å². The van der Waals surface area contributed by atoms with Crippen LogP contribution in [0.1, 0.15) is 18.7 Å². The molecule has 2 aromatic rings. The molecule has 2 heterocycles. The molecule has 102 valence electrons. The third kappa shape index (κ3) is 3.01. The third-order valence-corrected chi connectivity index (χ3v) is 3.85. The highest BCUT2D eigenvalue weighted by Gasteiger charge is 2.12. The second-order valence-corrected chi connectivity index (χ2v) is 5.40. The number of thiophene rings is 1. The van der Waals surface area contributed by atoms with E-state index in [1.54, 1.807) is 11.3 Å². The lowest BCUT2D eigenvalue weighted by Crippen LogP contribution is -2.25. The van der Waals surface area contributed by atoms with Crippen molar-refractivity contribution in [2.75, 3.05) is 30.4 Å². The summed E-state index contributed by atoms with van der Waals surface area (Å²) in [7, 11) is 1.82. The fourth-order valence-corrected chi connectivity index (χ4v) is 2.59. The van der Waals surface area contributed by atoms with Gasteiger partial charge in [0.25, 0.3) is 0 Å². The molecule has 0 fully saturated rings. The van der Waals surface area contributed by atoms with E-state index in [1.165, 1.54) is 4.88 Å². The molecule has 0 aliphatic carbocycles. The van der Waals surface area contributed by atoms with Gasteiger partial charge in [-0.25, -0.2) is 0 Å². The van der Waals surface area contributed by atoms with Crippen molar-refractivity contribution in [3.8, 4) is 10.7 Å². The number of anilines is 2. The summed E-state index contributed by atoms with van der Waals surface area (Å²) >= 11 is 1.70. The molecule has 0 aliphatic rings. The number of hydrogen-bond donors (Lipinski definition) is 1. The lowest BCUT2D eigenvalue weighted by molar-refractivity contribution is 0.815. The number of nitrogens with one attached hydrogen (secondary N) is 1. The van der Waals surface area contributed by atoms with Gasteiger partial charge in [-0.1, -0.05) is 0 Å². The van der Waals surface area contributed by atoms with Crippen molar-refractivity contribution in [2.45, 2.75) is 20.8 Å². The molecule has 19 heavy (non-hydrogen) atoms. The molecule has 0 saturated heterocycles. The quantitative estimate of drug-likeness (QED) is 0.910. The fraction of sp³-hybridized carbons (Fsp3) is 0.462. The minimum absolute atomic E-state index is 0.609. The van der Waals surface area contributed by atoms with E-state index in [2.05, 4.69) is 58.1 Å². The molecule has 0 amide bonds. The number of aromatic nitrogens is 3. The largest absolute Gasteiger partial charge is 0.357 e. The maximum Gasteiger partial charge on any atom is 0.230 e. The van der Waals surface area contributed by atoms with Crippen LogP contribution >= 0.6 is 11.3 Å². The zero-order valence-electron chi connectivity index (χ0n) is 11.8. The summed E-state index contributed by atoms with van der Waals surface area (Å²) in [6, 6.07) is 4.14. The second-order valence-electron chi connectivity index (χ2n) is 4.12. The highest BCUT2D eigenvalue weighted by molar-refractivity contribution is 7.15. The first-order valence-electron chi connectivity index (χ1n) is 6.43. The van der Waals surface area contributed by atoms with Crippen LogP contribution in [0.2, 0.25) is 0 Å². The van der Waals surface area contributed by atoms with Crippen molar-refractivity contribution in [1.29, 1.82) is 0 Å². The van der Waals surface area contributed by atoms with E-state index in [1.807, 2.05) is 7.05 Å². The SMILES string of the molecule is CCN(CC)c1nc(NC)nc(-c2ccc(C)s2)n1. The number of hydrogen-bond acceptors (Lipinski definition) is 6. The Labute approximate surface area is 117 Å². The van der Waals surface area contributed by atoms with Gasteiger partial charge in [0.15, 0.2) is 5.82 Å². The zero-order chi connectivity index (χ0) is 13.8. The van der Waals surface area contributed by atoms with Crippen molar-refractivity contribution in [1.82, 2.24) is 15.0 Å². The molecule has 1 N–H and O–H groups in total. The molecule has 0 spiro atoms. The molecule has 0 bridgehead atoms. The van der Waals surface area contributed by atoms with Gasteiger partial charge in [-0.3, -0.25) is 0 Å². The zero-order valence-corrected chi connectivity index (χ0v) is 12.6. The van der Waals surface area contributed by atoms with Crippen molar-refractivity contribution >= 4 is 23.2 Å². The smallest absolute Gasteiger partial charge is 0.230 e. The van der Waals surface area contributed by atoms with E-state index in [0.717, 1.165) is 29.7 Å². The molecule has 0 aromatic carbocycles. The van der Waals surface area contributed by atoms with Crippen LogP contribution in [0.3, 0.4) is 0 Å². The molecule has 0 atom stereocenters. The maximum atomic E-state index is 4.58. The van der Waals surface area contributed by atoms with E-state index in [9.17, 15) is 0 Å². The minimum atomic E-state index is 0.609. The van der Waals surface area contributed by atoms with Gasteiger partial charge in [-0.05, 0) is 32.9 Å². The molecule has 6 heteroatoms. The third-order valence-electron chi connectivity index (χ3n) is 2.85. The Hall–Kier alpha value is -1.69. The van der Waals surface area contributed by atoms with Crippen LogP contribution in [0, 0.1) is 6.92 Å². The molecule has 0 aliphatic heterocycles. The van der Waals surface area contributed by atoms with Crippen LogP contribution in [0.25, 0.3) is 10.7 Å². The Morgan fingerprint density at radius 2 is 1.89 bits per heavy atom. The minimum Gasteiger partial charge on any atom is -0.357 e. The highest BCUT2D eigenvalue weighted by Crippen LogP contribution is 2.26. The first kappa shape index (κ1) is 13.7. The van der Waals surface area contributed by atoms with Crippen LogP contribution in [0.4, 0.5) is 11.9 Å². The highest BCUT2D eigenvalue weighted by atomic mass is 32.1. The molecular formula is C13H19N5S. The lowest BCUT2D eigenvalue weighted by Gasteiger charge is -2.19. The predicted octanol–water partition coefficient (Wildman–Crippen LogP) is 2.80. The van der Waals surface area contributed by atoms with Crippen molar-refractivity contribution in [3.05, 3.63) is 17.0 Å². The lowest BCUT2D eigenvalue weighted by atomic mass is 10.4. The maximum absolute atomic E-state index is 4.58. The van der Waals surface area contributed by atoms with E-state index in [4.69, 9.17) is 0 Å². The van der Waals surface area contributed by atoms with Gasteiger partial charge >= 0.3 is 0 Å². The van der Waals surface area contributed by atoms with Crippen molar-refractivity contribution in [3.63, 3.8) is 0 Å². The van der Waals surface area contributed by atoms with Gasteiger partial charge in [0.2, 0.25) is 11.9 Å². The molecule has 0 saturated carbocycles. The van der Waals surface area contributed by atoms with Gasteiger partial charge in [0.1, 0.15) is 0 Å². The Morgan fingerprint density at radius 1 is 1.16 bits per heavy atom. The number of nitrogens with zero attached hydrogens (tertiary/aromatic N) is 4. The van der Waals surface area contributed by atoms with Gasteiger partial charge in [0, 0.05) is 25.0 Å². The molecular weight excluding hydrogens is 258 g/mol. The summed E-state index contributed by atoms with van der Waals surface area (Å²) in [5.41, 5.74) is 0. The van der Waals surface area contributed by atoms with Crippen LogP contribution in [-0.2, 0) is 0 Å². The average molecular weight is 277 g/mol. The standard InChI is InChI=1S/C13H19N5S/c1-5-18(6-2)13-16-11(15-12(14-4)17-13)10-8-7-9(3)19-10/h7-8H,5-6H2,1-4H3,(H,14,15,16,17). The Kier molecular flexibility index (Phi) is 4.31. The topological polar surface area (TPSA) is 53.9 Å². The summed E-state index contributed by atoms with van der Waals surface area (Å²) in [5.74, 6) is 2.07. The molecule has 2 aromatic heterocycles. The van der Waals surface area contributed by atoms with E-state index < -0.39 is 0 Å². The predicted molar refractivity (Wildman–Crippen MR) is 81.0 cm³/mol. The molecule has 0 unspecified atom stereocenters. The summed E-state index contributed by atoms with van der Waals surface area (Å²) in [4.78, 5) is 17.9. The molecule has 5 nitrogen and oxygen atoms in total. The Bertz CT molecular complexity index is 548. The Balaban J connectivity index is 2.46. The van der Waals surface area contributed by atoms with Crippen LogP contribution in [-0.4, -0.2) is 35.1 Å². The van der Waals surface area contributed by atoms with Gasteiger partial charge in [-0.2, -0.15) is 15.0 Å². The van der Waals surface area contributed by atoms with E-state index in [-0.39, 0.29) is 0 Å². The summed E-state index contributed by atoms with van der Waals surface area (Å²) in [6.07, 6.45) is 0. The molecule has 2 rings (SSSR count). The second kappa shape index (κ2) is 5.97. The van der Waals surface area contributed by atoms with Crippen LogP contribution in [0.15, 0.2) is 12.1 Å². The molecule has 0 radical (unpaired) electrons. The van der Waals surface area contributed by atoms with Crippen LogP contribution in [0.5, 0.6) is 0 Å². The van der Waals surface area contributed by atoms with Crippen LogP contribution < -0.4 is 10.2 Å². The van der Waals surface area contributed by atoms with Gasteiger partial charge in [0.05, 0.1) is 4.88 Å². The van der Waals surface area contributed by atoms with Gasteiger partial charge in [-0.15, -0.1) is 11.3 Å². The number of rotatable bonds is 5. The monoisotopic (exact) mass is 277 g/mol. The first-order chi connectivity index (χ1) is 9.17. The summed E-state index contributed by atoms with van der Waals surface area (Å²) < 4.78 is 0. The Morgan fingerprint density at radius 3 is 2.42 bits per heavy atom. The normalized spacial score (nSPS) is 10.5. The van der Waals surface area contributed by atoms with E-state index in [0.29, 0.717) is 5.95 Å².